The van der Waals surface area contributed by atoms with Gasteiger partial charge in [0.15, 0.2) is 0 Å². The topological polar surface area (TPSA) is 80.9 Å². The van der Waals surface area contributed by atoms with Crippen LogP contribution in [0.3, 0.4) is 0 Å². The van der Waals surface area contributed by atoms with Crippen molar-refractivity contribution in [2.24, 2.45) is 0 Å². The lowest BCUT2D eigenvalue weighted by molar-refractivity contribution is 0.0907. The van der Waals surface area contributed by atoms with E-state index in [-0.39, 0.29) is 5.89 Å². The maximum absolute atomic E-state index is 12.3. The highest BCUT2D eigenvalue weighted by molar-refractivity contribution is 9.10. The number of aryl methyl sites for hydroxylation is 1. The molecule has 4 rings (SSSR count). The van der Waals surface area contributed by atoms with Gasteiger partial charge < -0.3 is 9.84 Å². The maximum atomic E-state index is 12.3. The number of hydrogen-bond acceptors (Lipinski definition) is 6. The van der Waals surface area contributed by atoms with Crippen molar-refractivity contribution in [2.75, 3.05) is 0 Å². The largest absolute Gasteiger partial charge is 0.344 e. The van der Waals surface area contributed by atoms with Gasteiger partial charge in [0.2, 0.25) is 5.82 Å². The second-order valence-corrected chi connectivity index (χ2v) is 8.05. The lowest BCUT2D eigenvalue weighted by Gasteiger charge is -2.02. The van der Waals surface area contributed by atoms with E-state index in [2.05, 4.69) is 36.4 Å². The molecule has 4 aromatic rings. The number of aromatic nitrogens is 3. The predicted octanol–water partition coefficient (Wildman–Crippen LogP) is 4.86. The second kappa shape index (κ2) is 8.04. The Morgan fingerprint density at radius 1 is 1.14 bits per heavy atom. The Morgan fingerprint density at radius 2 is 1.96 bits per heavy atom. The molecule has 0 unspecified atom stereocenters. The van der Waals surface area contributed by atoms with E-state index >= 15 is 0 Å². The zero-order chi connectivity index (χ0) is 19.5. The van der Waals surface area contributed by atoms with Gasteiger partial charge in [0.1, 0.15) is 0 Å². The quantitative estimate of drug-likeness (QED) is 0.465. The molecular formula is C20H15BrN4O2S. The zero-order valence-electron chi connectivity index (χ0n) is 14.8. The smallest absolute Gasteiger partial charge is 0.316 e. The van der Waals surface area contributed by atoms with Gasteiger partial charge in [-0.05, 0) is 30.7 Å². The van der Waals surface area contributed by atoms with Gasteiger partial charge in [-0.2, -0.15) is 4.98 Å². The Balaban J connectivity index is 1.49. The molecule has 0 saturated carbocycles. The van der Waals surface area contributed by atoms with E-state index < -0.39 is 5.91 Å². The number of amides is 1. The van der Waals surface area contributed by atoms with Crippen LogP contribution in [0, 0.1) is 6.92 Å². The summed E-state index contributed by atoms with van der Waals surface area (Å²) in [5.41, 5.74) is 3.60. The van der Waals surface area contributed by atoms with Crippen molar-refractivity contribution in [1.29, 1.82) is 0 Å². The van der Waals surface area contributed by atoms with Crippen LogP contribution in [-0.2, 0) is 6.54 Å². The molecule has 0 radical (unpaired) electrons. The van der Waals surface area contributed by atoms with Crippen molar-refractivity contribution in [3.8, 4) is 22.6 Å². The first-order chi connectivity index (χ1) is 13.6. The summed E-state index contributed by atoms with van der Waals surface area (Å²) in [6, 6.07) is 15.4. The summed E-state index contributed by atoms with van der Waals surface area (Å²) in [6.07, 6.45) is 0. The van der Waals surface area contributed by atoms with Crippen molar-refractivity contribution in [1.82, 2.24) is 20.4 Å². The summed E-state index contributed by atoms with van der Waals surface area (Å²) in [7, 11) is 0. The Bertz CT molecular complexity index is 1140. The molecule has 0 aliphatic rings. The number of rotatable bonds is 5. The molecule has 0 spiro atoms. The van der Waals surface area contributed by atoms with Gasteiger partial charge in [-0.25, -0.2) is 4.98 Å². The summed E-state index contributed by atoms with van der Waals surface area (Å²) in [5.74, 6) is -0.119. The summed E-state index contributed by atoms with van der Waals surface area (Å²) in [4.78, 5) is 21.0. The van der Waals surface area contributed by atoms with Gasteiger partial charge >= 0.3 is 11.8 Å². The number of nitrogens with one attached hydrogen (secondary N) is 1. The minimum atomic E-state index is -0.412. The SMILES string of the molecule is Cc1nc(-c2cccc(-c3noc(C(=O)NCc4cccc(Br)c4)n3)c2)cs1. The number of thiazole rings is 1. The molecule has 6 nitrogen and oxygen atoms in total. The Kier molecular flexibility index (Phi) is 5.31. The molecule has 0 aliphatic heterocycles. The first-order valence-electron chi connectivity index (χ1n) is 8.48. The van der Waals surface area contributed by atoms with Crippen LogP contribution >= 0.6 is 27.3 Å². The van der Waals surface area contributed by atoms with Gasteiger partial charge in [-0.1, -0.05) is 51.4 Å². The third-order valence-electron chi connectivity index (χ3n) is 4.00. The molecule has 0 aliphatic carbocycles. The molecule has 0 fully saturated rings. The van der Waals surface area contributed by atoms with Crippen molar-refractivity contribution >= 4 is 33.2 Å². The van der Waals surface area contributed by atoms with E-state index in [0.717, 1.165) is 31.9 Å². The van der Waals surface area contributed by atoms with E-state index in [0.29, 0.717) is 12.4 Å². The number of benzene rings is 2. The van der Waals surface area contributed by atoms with E-state index in [1.165, 1.54) is 0 Å². The normalized spacial score (nSPS) is 10.8. The predicted molar refractivity (Wildman–Crippen MR) is 111 cm³/mol. The zero-order valence-corrected chi connectivity index (χ0v) is 17.3. The highest BCUT2D eigenvalue weighted by Crippen LogP contribution is 2.26. The molecule has 2 aromatic heterocycles. The van der Waals surface area contributed by atoms with E-state index in [9.17, 15) is 4.79 Å². The average molecular weight is 455 g/mol. The van der Waals surface area contributed by atoms with Crippen LogP contribution in [0.15, 0.2) is 62.9 Å². The fraction of sp³-hybridized carbons (Fsp3) is 0.100. The molecule has 0 atom stereocenters. The van der Waals surface area contributed by atoms with Gasteiger partial charge in [-0.15, -0.1) is 11.3 Å². The minimum absolute atomic E-state index is 0.0695. The van der Waals surface area contributed by atoms with E-state index in [4.69, 9.17) is 4.52 Å². The first-order valence-corrected chi connectivity index (χ1v) is 10.1. The lowest BCUT2D eigenvalue weighted by Crippen LogP contribution is -2.23. The average Bonchev–Trinajstić information content (AvgIpc) is 3.36. The molecule has 8 heteroatoms. The lowest BCUT2D eigenvalue weighted by atomic mass is 10.1. The monoisotopic (exact) mass is 454 g/mol. The molecular weight excluding hydrogens is 440 g/mol. The van der Waals surface area contributed by atoms with Crippen LogP contribution < -0.4 is 5.32 Å². The number of halogens is 1. The molecule has 140 valence electrons. The first kappa shape index (κ1) is 18.5. The Hall–Kier alpha value is -2.84. The van der Waals surface area contributed by atoms with Crippen molar-refractivity contribution in [3.63, 3.8) is 0 Å². The van der Waals surface area contributed by atoms with Crippen LogP contribution in [0.5, 0.6) is 0 Å². The van der Waals surface area contributed by atoms with E-state index in [1.807, 2.05) is 60.8 Å². The minimum Gasteiger partial charge on any atom is -0.344 e. The van der Waals surface area contributed by atoms with Gasteiger partial charge in [-0.3, -0.25) is 4.79 Å². The van der Waals surface area contributed by atoms with Crippen molar-refractivity contribution in [3.05, 3.63) is 74.8 Å². The summed E-state index contributed by atoms with van der Waals surface area (Å²) in [5, 5.41) is 9.74. The van der Waals surface area contributed by atoms with Gasteiger partial charge in [0, 0.05) is 27.5 Å². The highest BCUT2D eigenvalue weighted by Gasteiger charge is 2.16. The number of carbonyl (C=O) groups excluding carboxylic acids is 1. The molecule has 2 heterocycles. The standard InChI is InChI=1S/C20H15BrN4O2S/c1-12-23-17(11-28-12)14-5-3-6-15(9-14)18-24-20(27-25-18)19(26)22-10-13-4-2-7-16(21)8-13/h2-9,11H,10H2,1H3,(H,22,26). The molecule has 1 amide bonds. The fourth-order valence-corrected chi connectivity index (χ4v) is 3.72. The Morgan fingerprint density at radius 3 is 2.75 bits per heavy atom. The summed E-state index contributed by atoms with van der Waals surface area (Å²) < 4.78 is 6.10. The number of carbonyl (C=O) groups is 1. The van der Waals surface area contributed by atoms with Crippen LogP contribution in [-0.4, -0.2) is 21.0 Å². The van der Waals surface area contributed by atoms with Crippen molar-refractivity contribution < 1.29 is 9.32 Å². The summed E-state index contributed by atoms with van der Waals surface area (Å²) in [6.45, 7) is 2.34. The summed E-state index contributed by atoms with van der Waals surface area (Å²) >= 11 is 5.01. The second-order valence-electron chi connectivity index (χ2n) is 6.07. The highest BCUT2D eigenvalue weighted by atomic mass is 79.9. The fourth-order valence-electron chi connectivity index (χ4n) is 2.65. The third kappa shape index (κ3) is 4.18. The van der Waals surface area contributed by atoms with Crippen LogP contribution in [0.4, 0.5) is 0 Å². The van der Waals surface area contributed by atoms with Crippen molar-refractivity contribution in [2.45, 2.75) is 13.5 Å². The number of hydrogen-bond donors (Lipinski definition) is 1. The molecule has 0 saturated heterocycles. The van der Waals surface area contributed by atoms with Crippen LogP contribution in [0.25, 0.3) is 22.6 Å². The number of nitrogens with zero attached hydrogens (tertiary/aromatic N) is 3. The van der Waals surface area contributed by atoms with Gasteiger partial charge in [0.25, 0.3) is 0 Å². The van der Waals surface area contributed by atoms with E-state index in [1.54, 1.807) is 11.3 Å². The van der Waals surface area contributed by atoms with Crippen LogP contribution in [0.1, 0.15) is 21.3 Å². The third-order valence-corrected chi connectivity index (χ3v) is 5.26. The van der Waals surface area contributed by atoms with Gasteiger partial charge in [0.05, 0.1) is 10.7 Å². The molecule has 1 N–H and O–H groups in total. The maximum Gasteiger partial charge on any atom is 0.316 e. The van der Waals surface area contributed by atoms with Crippen LogP contribution in [0.2, 0.25) is 0 Å². The molecule has 28 heavy (non-hydrogen) atoms. The molecule has 0 bridgehead atoms. The molecule has 2 aromatic carbocycles. The Labute approximate surface area is 173 Å².